The Kier molecular flexibility index (Phi) is 7.33. The molecular weight excluding hydrogens is 444 g/mol. The van der Waals surface area contributed by atoms with Crippen molar-refractivity contribution in [3.05, 3.63) is 90.0 Å². The van der Waals surface area contributed by atoms with Crippen LogP contribution < -0.4 is 10.1 Å². The molecule has 0 saturated carbocycles. The lowest BCUT2D eigenvalue weighted by Crippen LogP contribution is -2.19. The van der Waals surface area contributed by atoms with Gasteiger partial charge in [0, 0.05) is 17.3 Å². The Hall–Kier alpha value is -3.58. The third kappa shape index (κ3) is 5.31. The molecule has 1 N–H and O–H groups in total. The first-order chi connectivity index (χ1) is 16.5. The highest BCUT2D eigenvalue weighted by Crippen LogP contribution is 2.38. The van der Waals surface area contributed by atoms with E-state index in [1.54, 1.807) is 7.11 Å². The first-order valence-corrected chi connectivity index (χ1v) is 12.0. The number of ether oxygens (including phenoxy) is 1. The number of nitrogens with one attached hydrogen (secondary N) is 1. The number of aryl methyl sites for hydroxylation is 1. The number of nitrogens with zero attached hydrogens (tertiary/aromatic N) is 3. The van der Waals surface area contributed by atoms with Gasteiger partial charge < -0.3 is 10.1 Å². The monoisotopic (exact) mass is 472 g/mol. The summed E-state index contributed by atoms with van der Waals surface area (Å²) in [5.41, 5.74) is 3.75. The number of carbonyl (C=O) groups is 1. The van der Waals surface area contributed by atoms with Crippen molar-refractivity contribution >= 4 is 23.4 Å². The summed E-state index contributed by atoms with van der Waals surface area (Å²) in [6, 6.07) is 25.4. The van der Waals surface area contributed by atoms with Crippen molar-refractivity contribution in [2.75, 3.05) is 12.4 Å². The molecule has 174 valence electrons. The summed E-state index contributed by atoms with van der Waals surface area (Å²) in [5.74, 6) is 1.43. The zero-order valence-corrected chi connectivity index (χ0v) is 20.5. The second-order valence-electron chi connectivity index (χ2n) is 8.26. The summed E-state index contributed by atoms with van der Waals surface area (Å²) in [7, 11) is 1.64. The first kappa shape index (κ1) is 23.6. The molecule has 4 rings (SSSR count). The Labute approximate surface area is 204 Å². The molecule has 1 unspecified atom stereocenters. The van der Waals surface area contributed by atoms with Gasteiger partial charge in [-0.3, -0.25) is 9.36 Å². The van der Waals surface area contributed by atoms with Crippen LogP contribution in [-0.4, -0.2) is 27.8 Å². The number of amides is 1. The lowest BCUT2D eigenvalue weighted by atomic mass is 10.1. The van der Waals surface area contributed by atoms with Crippen molar-refractivity contribution in [2.45, 2.75) is 37.2 Å². The summed E-state index contributed by atoms with van der Waals surface area (Å²) >= 11 is 1.40. The Balaban J connectivity index is 1.67. The van der Waals surface area contributed by atoms with Crippen molar-refractivity contribution < 1.29 is 9.53 Å². The minimum absolute atomic E-state index is 0.103. The highest BCUT2D eigenvalue weighted by molar-refractivity contribution is 8.00. The van der Waals surface area contributed by atoms with Crippen LogP contribution in [0.4, 0.5) is 5.69 Å². The lowest BCUT2D eigenvalue weighted by Gasteiger charge is -2.19. The van der Waals surface area contributed by atoms with Crippen LogP contribution in [-0.2, 0) is 4.79 Å². The van der Waals surface area contributed by atoms with Gasteiger partial charge in [-0.15, -0.1) is 10.2 Å². The Morgan fingerprint density at radius 3 is 2.24 bits per heavy atom. The average Bonchev–Trinajstić information content (AvgIpc) is 3.28. The van der Waals surface area contributed by atoms with Gasteiger partial charge in [0.15, 0.2) is 11.0 Å². The number of anilines is 1. The van der Waals surface area contributed by atoms with Crippen LogP contribution >= 0.6 is 11.8 Å². The molecule has 1 amide bonds. The minimum Gasteiger partial charge on any atom is -0.497 e. The molecule has 0 aliphatic rings. The number of benzene rings is 3. The molecule has 4 aromatic rings. The molecule has 1 atom stereocenters. The molecule has 0 bridgehead atoms. The van der Waals surface area contributed by atoms with E-state index < -0.39 is 5.25 Å². The van der Waals surface area contributed by atoms with E-state index in [2.05, 4.69) is 33.9 Å². The normalized spacial score (nSPS) is 11.9. The predicted octanol–water partition coefficient (Wildman–Crippen LogP) is 6.32. The smallest absolute Gasteiger partial charge is 0.242 e. The SMILES string of the molecule is COc1ccc(-c2nnc(SC(C(=O)Nc3ccc(C)cc3)c3ccccc3)n2C(C)C)cc1. The highest BCUT2D eigenvalue weighted by Gasteiger charge is 2.27. The van der Waals surface area contributed by atoms with Crippen LogP contribution in [0.2, 0.25) is 0 Å². The van der Waals surface area contributed by atoms with Gasteiger partial charge in [-0.2, -0.15) is 0 Å². The molecule has 1 heterocycles. The van der Waals surface area contributed by atoms with Crippen molar-refractivity contribution in [3.8, 4) is 17.1 Å². The van der Waals surface area contributed by atoms with E-state index in [4.69, 9.17) is 4.74 Å². The zero-order valence-electron chi connectivity index (χ0n) is 19.7. The van der Waals surface area contributed by atoms with E-state index in [0.29, 0.717) is 5.16 Å². The predicted molar refractivity (Wildman–Crippen MR) is 137 cm³/mol. The van der Waals surface area contributed by atoms with Gasteiger partial charge in [-0.1, -0.05) is 59.8 Å². The maximum atomic E-state index is 13.4. The minimum atomic E-state index is -0.493. The van der Waals surface area contributed by atoms with Crippen LogP contribution in [0.25, 0.3) is 11.4 Å². The van der Waals surface area contributed by atoms with Crippen LogP contribution in [0.1, 0.15) is 36.3 Å². The lowest BCUT2D eigenvalue weighted by molar-refractivity contribution is -0.115. The number of aromatic nitrogens is 3. The Bertz CT molecular complexity index is 1240. The summed E-state index contributed by atoms with van der Waals surface area (Å²) < 4.78 is 7.35. The molecule has 0 spiro atoms. The summed E-state index contributed by atoms with van der Waals surface area (Å²) in [6.45, 7) is 6.20. The van der Waals surface area contributed by atoms with Crippen LogP contribution in [0, 0.1) is 6.92 Å². The molecule has 0 saturated heterocycles. The van der Waals surface area contributed by atoms with E-state index in [1.807, 2.05) is 85.8 Å². The molecule has 0 aliphatic carbocycles. The number of thioether (sulfide) groups is 1. The van der Waals surface area contributed by atoms with Gasteiger partial charge in [0.05, 0.1) is 7.11 Å². The molecule has 34 heavy (non-hydrogen) atoms. The van der Waals surface area contributed by atoms with Gasteiger partial charge in [-0.05, 0) is 62.7 Å². The van der Waals surface area contributed by atoms with Crippen LogP contribution in [0.3, 0.4) is 0 Å². The molecule has 0 aliphatic heterocycles. The standard InChI is InChI=1S/C27H28N4O2S/c1-18(2)31-25(21-12-16-23(33-4)17-13-21)29-30-27(31)34-24(20-8-6-5-7-9-20)26(32)28-22-14-10-19(3)11-15-22/h5-18,24H,1-4H3,(H,28,32). The fraction of sp³-hybridized carbons (Fsp3) is 0.222. The van der Waals surface area contributed by atoms with Crippen molar-refractivity contribution in [3.63, 3.8) is 0 Å². The third-order valence-corrected chi connectivity index (χ3v) is 6.62. The molecule has 0 radical (unpaired) electrons. The van der Waals surface area contributed by atoms with Crippen LogP contribution in [0.5, 0.6) is 5.75 Å². The summed E-state index contributed by atoms with van der Waals surface area (Å²) in [5, 5.41) is 12.2. The number of rotatable bonds is 8. The second-order valence-corrected chi connectivity index (χ2v) is 9.33. The number of carbonyl (C=O) groups excluding carboxylic acids is 1. The number of methoxy groups -OCH3 is 1. The molecule has 6 nitrogen and oxygen atoms in total. The summed E-state index contributed by atoms with van der Waals surface area (Å²) in [6.07, 6.45) is 0. The van der Waals surface area contributed by atoms with Gasteiger partial charge in [0.1, 0.15) is 11.0 Å². The Morgan fingerprint density at radius 1 is 0.941 bits per heavy atom. The Morgan fingerprint density at radius 2 is 1.62 bits per heavy atom. The second kappa shape index (κ2) is 10.6. The van der Waals surface area contributed by atoms with Crippen molar-refractivity contribution in [1.82, 2.24) is 14.8 Å². The van der Waals surface area contributed by atoms with E-state index in [-0.39, 0.29) is 11.9 Å². The van der Waals surface area contributed by atoms with Gasteiger partial charge >= 0.3 is 0 Å². The van der Waals surface area contributed by atoms with Crippen molar-refractivity contribution in [2.24, 2.45) is 0 Å². The molecule has 0 fully saturated rings. The van der Waals surface area contributed by atoms with Crippen molar-refractivity contribution in [1.29, 1.82) is 0 Å². The quantitative estimate of drug-likeness (QED) is 0.304. The van der Waals surface area contributed by atoms with Crippen LogP contribution in [0.15, 0.2) is 84.0 Å². The summed E-state index contributed by atoms with van der Waals surface area (Å²) in [4.78, 5) is 13.4. The molecule has 3 aromatic carbocycles. The molecule has 7 heteroatoms. The van der Waals surface area contributed by atoms with Gasteiger partial charge in [-0.25, -0.2) is 0 Å². The van der Waals surface area contributed by atoms with E-state index >= 15 is 0 Å². The average molecular weight is 473 g/mol. The molecular formula is C27H28N4O2S. The highest BCUT2D eigenvalue weighted by atomic mass is 32.2. The fourth-order valence-electron chi connectivity index (χ4n) is 3.61. The molecule has 1 aromatic heterocycles. The van der Waals surface area contributed by atoms with E-state index in [9.17, 15) is 4.79 Å². The third-order valence-electron chi connectivity index (χ3n) is 5.41. The maximum absolute atomic E-state index is 13.4. The topological polar surface area (TPSA) is 69.0 Å². The van der Waals surface area contributed by atoms with E-state index in [1.165, 1.54) is 11.8 Å². The van der Waals surface area contributed by atoms with E-state index in [0.717, 1.165) is 34.0 Å². The number of hydrogen-bond acceptors (Lipinski definition) is 5. The fourth-order valence-corrected chi connectivity index (χ4v) is 4.78. The maximum Gasteiger partial charge on any atom is 0.242 e. The largest absolute Gasteiger partial charge is 0.497 e. The first-order valence-electron chi connectivity index (χ1n) is 11.1. The van der Waals surface area contributed by atoms with Gasteiger partial charge in [0.2, 0.25) is 5.91 Å². The number of hydrogen-bond donors (Lipinski definition) is 1. The zero-order chi connectivity index (χ0) is 24.1. The van der Waals surface area contributed by atoms with Gasteiger partial charge in [0.25, 0.3) is 0 Å².